The number of aryl methyl sites for hydroxylation is 1. The maximum atomic E-state index is 13.6. The highest BCUT2D eigenvalue weighted by Crippen LogP contribution is 2.46. The molecule has 0 bridgehead atoms. The number of methoxy groups -OCH3 is 2. The quantitative estimate of drug-likeness (QED) is 0.382. The van der Waals surface area contributed by atoms with E-state index in [2.05, 4.69) is 22.0 Å². The van der Waals surface area contributed by atoms with Gasteiger partial charge in [0, 0.05) is 48.3 Å². The zero-order chi connectivity index (χ0) is 25.2. The number of carbonyl (C=O) groups is 2. The summed E-state index contributed by atoms with van der Waals surface area (Å²) in [7, 11) is 5.27. The summed E-state index contributed by atoms with van der Waals surface area (Å²) in [5, 5.41) is 3.89. The first-order valence-electron chi connectivity index (χ1n) is 11.9. The van der Waals surface area contributed by atoms with Gasteiger partial charge >= 0.3 is 0 Å². The van der Waals surface area contributed by atoms with Crippen LogP contribution in [0.5, 0.6) is 5.75 Å². The Balaban J connectivity index is 1.71. The Bertz CT molecular complexity index is 1440. The molecule has 1 atom stereocenters. The molecule has 0 spiro atoms. The zero-order valence-corrected chi connectivity index (χ0v) is 20.7. The molecule has 0 saturated heterocycles. The third-order valence-corrected chi connectivity index (χ3v) is 6.76. The van der Waals surface area contributed by atoms with Crippen molar-refractivity contribution in [2.75, 3.05) is 33.9 Å². The lowest BCUT2D eigenvalue weighted by Crippen LogP contribution is -2.40. The summed E-state index contributed by atoms with van der Waals surface area (Å²) >= 11 is 0. The molecule has 184 valence electrons. The zero-order valence-electron chi connectivity index (χ0n) is 20.7. The van der Waals surface area contributed by atoms with E-state index in [1.165, 1.54) is 0 Å². The summed E-state index contributed by atoms with van der Waals surface area (Å²) in [5.41, 5.74) is 5.51. The number of ether oxygens (including phenoxy) is 2. The van der Waals surface area contributed by atoms with Crippen molar-refractivity contribution >= 4 is 22.7 Å². The Morgan fingerprint density at radius 1 is 1.00 bits per heavy atom. The van der Waals surface area contributed by atoms with Crippen molar-refractivity contribution in [2.45, 2.75) is 6.04 Å². The van der Waals surface area contributed by atoms with Crippen LogP contribution >= 0.6 is 0 Å². The Morgan fingerprint density at radius 2 is 1.78 bits per heavy atom. The number of para-hydroxylation sites is 1. The molecule has 0 fully saturated rings. The van der Waals surface area contributed by atoms with Crippen LogP contribution in [0.1, 0.15) is 27.5 Å². The van der Waals surface area contributed by atoms with Crippen molar-refractivity contribution in [1.29, 1.82) is 0 Å². The second-order valence-electron chi connectivity index (χ2n) is 8.84. The van der Waals surface area contributed by atoms with E-state index in [-0.39, 0.29) is 18.4 Å². The number of nitrogens with one attached hydrogen (secondary N) is 1. The molecule has 36 heavy (non-hydrogen) atoms. The van der Waals surface area contributed by atoms with Crippen LogP contribution in [0.3, 0.4) is 0 Å². The molecular formula is C29H29N3O4. The van der Waals surface area contributed by atoms with Gasteiger partial charge in [-0.15, -0.1) is 0 Å². The summed E-state index contributed by atoms with van der Waals surface area (Å²) in [6.45, 7) is 0.744. The lowest BCUT2D eigenvalue weighted by atomic mass is 9.93. The second kappa shape index (κ2) is 9.87. The standard InChI is InChI=1S/C29H29N3O4/c1-31-24-14-7-6-13-23(24)26(27(31)19-9-8-10-20(17-19)36-3)28-21-11-4-5-12-22(21)29(34)32(28)18-25(33)30-15-16-35-2/h4-14,17,28H,15-16,18H2,1-3H3,(H,30,33)/t28-/m0/s1. The van der Waals surface area contributed by atoms with E-state index < -0.39 is 6.04 Å². The average Bonchev–Trinajstić information content (AvgIpc) is 3.35. The second-order valence-corrected chi connectivity index (χ2v) is 8.84. The molecular weight excluding hydrogens is 454 g/mol. The largest absolute Gasteiger partial charge is 0.497 e. The van der Waals surface area contributed by atoms with Crippen molar-refractivity contribution in [2.24, 2.45) is 7.05 Å². The third-order valence-electron chi connectivity index (χ3n) is 6.76. The predicted molar refractivity (Wildman–Crippen MR) is 139 cm³/mol. The van der Waals surface area contributed by atoms with E-state index in [9.17, 15) is 9.59 Å². The summed E-state index contributed by atoms with van der Waals surface area (Å²) < 4.78 is 12.7. The van der Waals surface area contributed by atoms with E-state index >= 15 is 0 Å². The SMILES string of the molecule is COCCNC(=O)CN1C(=O)c2ccccc2[C@H]1c1c(-c2cccc(OC)c2)n(C)c2ccccc12. The molecule has 1 N–H and O–H groups in total. The fourth-order valence-corrected chi connectivity index (χ4v) is 5.17. The Kier molecular flexibility index (Phi) is 6.48. The predicted octanol–water partition coefficient (Wildman–Crippen LogP) is 4.16. The van der Waals surface area contributed by atoms with Crippen LogP contribution in [0.4, 0.5) is 0 Å². The van der Waals surface area contributed by atoms with Crippen molar-refractivity contribution < 1.29 is 19.1 Å². The maximum Gasteiger partial charge on any atom is 0.255 e. The molecule has 2 amide bonds. The number of benzene rings is 3. The first-order valence-corrected chi connectivity index (χ1v) is 11.9. The molecule has 7 nitrogen and oxygen atoms in total. The first-order chi connectivity index (χ1) is 17.5. The summed E-state index contributed by atoms with van der Waals surface area (Å²) in [6.07, 6.45) is 0. The summed E-state index contributed by atoms with van der Waals surface area (Å²) in [4.78, 5) is 28.2. The van der Waals surface area contributed by atoms with Crippen molar-refractivity contribution in [3.8, 4) is 17.0 Å². The lowest BCUT2D eigenvalue weighted by Gasteiger charge is -2.26. The molecule has 1 aliphatic heterocycles. The van der Waals surface area contributed by atoms with Gasteiger partial charge in [-0.3, -0.25) is 9.59 Å². The molecule has 7 heteroatoms. The van der Waals surface area contributed by atoms with Crippen LogP contribution in [0.25, 0.3) is 22.2 Å². The highest BCUT2D eigenvalue weighted by Gasteiger charge is 2.41. The highest BCUT2D eigenvalue weighted by molar-refractivity contribution is 6.03. The van der Waals surface area contributed by atoms with E-state index in [1.54, 1.807) is 19.1 Å². The number of rotatable bonds is 8. The lowest BCUT2D eigenvalue weighted by molar-refractivity contribution is -0.122. The number of nitrogens with zero attached hydrogens (tertiary/aromatic N) is 2. The van der Waals surface area contributed by atoms with E-state index in [4.69, 9.17) is 9.47 Å². The number of hydrogen-bond acceptors (Lipinski definition) is 4. The summed E-state index contributed by atoms with van der Waals surface area (Å²) in [6, 6.07) is 23.3. The fraction of sp³-hybridized carbons (Fsp3) is 0.241. The normalized spacial score (nSPS) is 14.8. The molecule has 0 aliphatic carbocycles. The Hall–Kier alpha value is -4.10. The van der Waals surface area contributed by atoms with Crippen LogP contribution in [0.2, 0.25) is 0 Å². The van der Waals surface area contributed by atoms with Crippen LogP contribution in [0.15, 0.2) is 72.8 Å². The van der Waals surface area contributed by atoms with Gasteiger partial charge in [-0.05, 0) is 29.8 Å². The number of amides is 2. The van der Waals surface area contributed by atoms with Gasteiger partial charge in [0.05, 0.1) is 25.5 Å². The smallest absolute Gasteiger partial charge is 0.255 e. The van der Waals surface area contributed by atoms with Gasteiger partial charge in [-0.2, -0.15) is 0 Å². The van der Waals surface area contributed by atoms with Gasteiger partial charge in [-0.25, -0.2) is 0 Å². The van der Waals surface area contributed by atoms with Crippen LogP contribution in [-0.4, -0.2) is 55.2 Å². The minimum Gasteiger partial charge on any atom is -0.497 e. The van der Waals surface area contributed by atoms with Gasteiger partial charge < -0.3 is 24.3 Å². The molecule has 0 saturated carbocycles. The summed E-state index contributed by atoms with van der Waals surface area (Å²) in [5.74, 6) is 0.379. The van der Waals surface area contributed by atoms with Crippen LogP contribution in [0, 0.1) is 0 Å². The highest BCUT2D eigenvalue weighted by atomic mass is 16.5. The van der Waals surface area contributed by atoms with Gasteiger partial charge in [0.15, 0.2) is 0 Å². The van der Waals surface area contributed by atoms with Gasteiger partial charge in [0.25, 0.3) is 5.91 Å². The van der Waals surface area contributed by atoms with Crippen LogP contribution in [-0.2, 0) is 16.6 Å². The molecule has 3 aromatic carbocycles. The van der Waals surface area contributed by atoms with Crippen LogP contribution < -0.4 is 10.1 Å². The van der Waals surface area contributed by atoms with E-state index in [1.807, 2.05) is 67.7 Å². The Morgan fingerprint density at radius 3 is 2.58 bits per heavy atom. The van der Waals surface area contributed by atoms with E-state index in [0.29, 0.717) is 18.7 Å². The number of aromatic nitrogens is 1. The molecule has 1 aliphatic rings. The monoisotopic (exact) mass is 483 g/mol. The van der Waals surface area contributed by atoms with Gasteiger partial charge in [0.2, 0.25) is 5.91 Å². The maximum absolute atomic E-state index is 13.6. The molecule has 5 rings (SSSR count). The number of fused-ring (bicyclic) bond motifs is 2. The molecule has 0 radical (unpaired) electrons. The minimum atomic E-state index is -0.422. The third kappa shape index (κ3) is 4.01. The van der Waals surface area contributed by atoms with Crippen molar-refractivity contribution in [3.05, 3.63) is 89.5 Å². The number of carbonyl (C=O) groups excluding carboxylic acids is 2. The van der Waals surface area contributed by atoms with E-state index in [0.717, 1.165) is 39.0 Å². The van der Waals surface area contributed by atoms with Gasteiger partial charge in [-0.1, -0.05) is 48.5 Å². The molecule has 4 aromatic rings. The minimum absolute atomic E-state index is 0.0529. The Labute approximate surface area is 210 Å². The van der Waals surface area contributed by atoms with Crippen molar-refractivity contribution in [1.82, 2.24) is 14.8 Å². The molecule has 1 aromatic heterocycles. The molecule has 2 heterocycles. The van der Waals surface area contributed by atoms with Crippen molar-refractivity contribution in [3.63, 3.8) is 0 Å². The topological polar surface area (TPSA) is 72.8 Å². The fourth-order valence-electron chi connectivity index (χ4n) is 5.17. The molecule has 0 unspecified atom stereocenters. The van der Waals surface area contributed by atoms with Gasteiger partial charge in [0.1, 0.15) is 12.3 Å². The number of hydrogen-bond donors (Lipinski definition) is 1. The average molecular weight is 484 g/mol. The first kappa shape index (κ1) is 23.6.